The molecule has 3 aliphatic heterocycles. The first kappa shape index (κ1) is 26.2. The smallest absolute Gasteiger partial charge is 0.270 e. The molecule has 2 amide bonds. The van der Waals surface area contributed by atoms with Crippen LogP contribution in [-0.2, 0) is 13.0 Å². The number of likely N-dealkylation sites (N-methyl/N-ethyl adjacent to an activating group) is 1. The van der Waals surface area contributed by atoms with Crippen LogP contribution in [0.5, 0.6) is 0 Å². The van der Waals surface area contributed by atoms with Crippen LogP contribution < -0.4 is 10.2 Å². The number of carbonyl (C=O) groups is 2. The van der Waals surface area contributed by atoms with Gasteiger partial charge < -0.3 is 25.1 Å². The zero-order chi connectivity index (χ0) is 27.4. The van der Waals surface area contributed by atoms with E-state index in [4.69, 9.17) is 0 Å². The van der Waals surface area contributed by atoms with E-state index >= 15 is 0 Å². The second kappa shape index (κ2) is 9.86. The van der Waals surface area contributed by atoms with Crippen LogP contribution in [0.25, 0.3) is 0 Å². The number of nitrogens with zero attached hydrogens (tertiary/aromatic N) is 3. The summed E-state index contributed by atoms with van der Waals surface area (Å²) in [6, 6.07) is 12.9. The Morgan fingerprint density at radius 3 is 2.54 bits per heavy atom. The molecule has 2 aromatic rings. The Kier molecular flexibility index (Phi) is 6.62. The second-order valence-electron chi connectivity index (χ2n) is 11.6. The number of anilines is 1. The van der Waals surface area contributed by atoms with Gasteiger partial charge in [0.15, 0.2) is 0 Å². The maximum atomic E-state index is 14.7. The third-order valence-electron chi connectivity index (χ3n) is 9.28. The predicted molar refractivity (Wildman–Crippen MR) is 144 cm³/mol. The van der Waals surface area contributed by atoms with Crippen LogP contribution in [0.3, 0.4) is 0 Å². The fraction of sp³-hybridized carbons (Fsp3) is 0.533. The molecule has 1 aliphatic carbocycles. The summed E-state index contributed by atoms with van der Waals surface area (Å²) in [6.07, 6.45) is 1.34. The average molecular weight is 539 g/mol. The first-order valence-electron chi connectivity index (χ1n) is 14.0. The quantitative estimate of drug-likeness (QED) is 0.611. The lowest BCUT2D eigenvalue weighted by Gasteiger charge is -2.39. The number of amides is 2. The van der Waals surface area contributed by atoms with Crippen molar-refractivity contribution in [3.63, 3.8) is 0 Å². The Balaban J connectivity index is 1.18. The van der Waals surface area contributed by atoms with Gasteiger partial charge in [0.05, 0.1) is 23.9 Å². The van der Waals surface area contributed by atoms with E-state index < -0.39 is 29.9 Å². The van der Waals surface area contributed by atoms with Crippen LogP contribution in [0.2, 0.25) is 0 Å². The molecule has 4 aliphatic rings. The molecule has 1 spiro atoms. The third kappa shape index (κ3) is 4.69. The molecular weight excluding hydrogens is 502 g/mol. The number of aliphatic hydroxyl groups is 1. The van der Waals surface area contributed by atoms with E-state index in [1.165, 1.54) is 16.0 Å². The van der Waals surface area contributed by atoms with Crippen molar-refractivity contribution in [1.29, 1.82) is 0 Å². The van der Waals surface area contributed by atoms with Crippen molar-refractivity contribution in [2.45, 2.75) is 57.2 Å². The highest BCUT2D eigenvalue weighted by Crippen LogP contribution is 2.61. The minimum atomic E-state index is -2.87. The number of fused-ring (bicyclic) bond motifs is 2. The van der Waals surface area contributed by atoms with E-state index in [0.29, 0.717) is 75.2 Å². The van der Waals surface area contributed by atoms with Crippen molar-refractivity contribution >= 4 is 17.5 Å². The van der Waals surface area contributed by atoms with E-state index in [-0.39, 0.29) is 18.5 Å². The number of hydrogen-bond donors (Lipinski definition) is 2. The Morgan fingerprint density at radius 2 is 1.82 bits per heavy atom. The maximum absolute atomic E-state index is 14.7. The van der Waals surface area contributed by atoms with Gasteiger partial charge in [-0.05, 0) is 61.9 Å². The molecule has 1 unspecified atom stereocenters. The van der Waals surface area contributed by atoms with Crippen LogP contribution in [0.1, 0.15) is 58.0 Å². The molecule has 39 heavy (non-hydrogen) atoms. The molecule has 2 aromatic carbocycles. The van der Waals surface area contributed by atoms with Gasteiger partial charge in [0.25, 0.3) is 17.7 Å². The predicted octanol–water partition coefficient (Wildman–Crippen LogP) is 3.31. The zero-order valence-corrected chi connectivity index (χ0v) is 22.3. The summed E-state index contributed by atoms with van der Waals surface area (Å²) in [5, 5.41) is 14.5. The minimum absolute atomic E-state index is 0.157. The number of hydrogen-bond acceptors (Lipinski definition) is 5. The fourth-order valence-corrected chi connectivity index (χ4v) is 6.49. The number of carbonyl (C=O) groups excluding carboxylic acids is 2. The molecule has 7 nitrogen and oxygen atoms in total. The number of halogens is 2. The lowest BCUT2D eigenvalue weighted by atomic mass is 9.89. The minimum Gasteiger partial charge on any atom is -0.390 e. The molecule has 1 saturated heterocycles. The van der Waals surface area contributed by atoms with E-state index in [9.17, 15) is 23.5 Å². The van der Waals surface area contributed by atoms with E-state index in [1.54, 1.807) is 23.1 Å². The molecule has 9 heteroatoms. The van der Waals surface area contributed by atoms with Gasteiger partial charge in [-0.25, -0.2) is 8.78 Å². The van der Waals surface area contributed by atoms with Crippen LogP contribution in [0.15, 0.2) is 42.5 Å². The van der Waals surface area contributed by atoms with Crippen molar-refractivity contribution in [1.82, 2.24) is 15.1 Å². The van der Waals surface area contributed by atoms with Crippen molar-refractivity contribution < 1.29 is 23.5 Å². The van der Waals surface area contributed by atoms with E-state index in [0.717, 1.165) is 0 Å². The van der Waals surface area contributed by atoms with Gasteiger partial charge in [-0.1, -0.05) is 24.3 Å². The standard InChI is InChI=1S/C30H36F2N4O3/c1-2-34-13-14-35(18-26(37)24-15-20-5-3-4-6-22(20)17-33-24)28(39)23-8-7-21(16-25(23)34)27(38)36-12-11-29(9-10-29)30(31,32)19-36/h3-8,16,24,26,33,37H,2,9-15,17-19H2,1H3/t24-,26?/m0/s1. The largest absolute Gasteiger partial charge is 0.390 e. The monoisotopic (exact) mass is 538 g/mol. The van der Waals surface area contributed by atoms with Crippen molar-refractivity contribution in [3.05, 3.63) is 64.7 Å². The van der Waals surface area contributed by atoms with Crippen LogP contribution in [-0.4, -0.2) is 84.1 Å². The molecule has 0 radical (unpaired) electrons. The van der Waals surface area contributed by atoms with Crippen molar-refractivity contribution in [2.24, 2.45) is 5.41 Å². The first-order chi connectivity index (χ1) is 18.7. The summed E-state index contributed by atoms with van der Waals surface area (Å²) in [5.74, 6) is -3.48. The number of benzene rings is 2. The number of aliphatic hydroxyl groups excluding tert-OH is 1. The molecule has 2 atom stereocenters. The molecule has 2 fully saturated rings. The summed E-state index contributed by atoms with van der Waals surface area (Å²) >= 11 is 0. The Hall–Kier alpha value is -3.04. The van der Waals surface area contributed by atoms with Gasteiger partial charge >= 0.3 is 0 Å². The number of rotatable bonds is 5. The lowest BCUT2D eigenvalue weighted by Crippen LogP contribution is -2.51. The van der Waals surface area contributed by atoms with E-state index in [1.807, 2.05) is 24.0 Å². The highest BCUT2D eigenvalue weighted by molar-refractivity contribution is 6.03. The number of alkyl halides is 2. The summed E-state index contributed by atoms with van der Waals surface area (Å²) in [6.45, 7) is 4.24. The average Bonchev–Trinajstić information content (AvgIpc) is 3.75. The fourth-order valence-electron chi connectivity index (χ4n) is 6.49. The van der Waals surface area contributed by atoms with Crippen LogP contribution >= 0.6 is 0 Å². The molecule has 6 rings (SSSR count). The highest BCUT2D eigenvalue weighted by atomic mass is 19.3. The molecule has 1 saturated carbocycles. The van der Waals surface area contributed by atoms with Gasteiger partial charge in [0.1, 0.15) is 0 Å². The van der Waals surface area contributed by atoms with Gasteiger partial charge in [0, 0.05) is 56.3 Å². The molecule has 3 heterocycles. The number of likely N-dealkylation sites (tertiary alicyclic amines) is 1. The molecular formula is C30H36F2N4O3. The Bertz CT molecular complexity index is 1280. The first-order valence-corrected chi connectivity index (χ1v) is 14.0. The topological polar surface area (TPSA) is 76.1 Å². The van der Waals surface area contributed by atoms with Crippen LogP contribution in [0.4, 0.5) is 14.5 Å². The number of piperidine rings is 1. The summed E-state index contributed by atoms with van der Waals surface area (Å²) in [7, 11) is 0. The van der Waals surface area contributed by atoms with Gasteiger partial charge in [0.2, 0.25) is 0 Å². The van der Waals surface area contributed by atoms with Crippen molar-refractivity contribution in [3.8, 4) is 0 Å². The number of nitrogens with one attached hydrogen (secondary N) is 1. The highest BCUT2D eigenvalue weighted by Gasteiger charge is 2.64. The molecule has 0 aromatic heterocycles. The van der Waals surface area contributed by atoms with Gasteiger partial charge in [-0.2, -0.15) is 0 Å². The maximum Gasteiger partial charge on any atom is 0.270 e. The van der Waals surface area contributed by atoms with Gasteiger partial charge in [-0.3, -0.25) is 9.59 Å². The Morgan fingerprint density at radius 1 is 1.08 bits per heavy atom. The normalized spacial score (nSPS) is 24.2. The summed E-state index contributed by atoms with van der Waals surface area (Å²) in [4.78, 5) is 31.9. The zero-order valence-electron chi connectivity index (χ0n) is 22.3. The third-order valence-corrected chi connectivity index (χ3v) is 9.28. The van der Waals surface area contributed by atoms with E-state index in [2.05, 4.69) is 17.4 Å². The molecule has 208 valence electrons. The van der Waals surface area contributed by atoms with Gasteiger partial charge in [-0.15, -0.1) is 0 Å². The van der Waals surface area contributed by atoms with Crippen LogP contribution in [0, 0.1) is 5.41 Å². The molecule has 0 bridgehead atoms. The Labute approximate surface area is 227 Å². The lowest BCUT2D eigenvalue weighted by molar-refractivity contribution is -0.116. The summed E-state index contributed by atoms with van der Waals surface area (Å²) < 4.78 is 29.5. The van der Waals surface area contributed by atoms with Crippen molar-refractivity contribution in [2.75, 3.05) is 44.2 Å². The summed E-state index contributed by atoms with van der Waals surface area (Å²) in [5.41, 5.74) is 2.94. The second-order valence-corrected chi connectivity index (χ2v) is 11.6. The molecule has 2 N–H and O–H groups in total. The number of β-amino-alcohol motifs (C(OH)–C–C–N with tert-alkyl or cyclic N) is 1. The SMILES string of the molecule is CCN1CCN(CC(O)[C@@H]2Cc3ccccc3CN2)C(=O)c2ccc(C(=O)N3CCC4(CC4)C(F)(F)C3)cc21.